The fraction of sp³-hybridized carbons (Fsp3) is 0.400. The van der Waals surface area contributed by atoms with Crippen LogP contribution in [0.25, 0.3) is 11.3 Å². The lowest BCUT2D eigenvalue weighted by molar-refractivity contribution is 0.328. The quantitative estimate of drug-likeness (QED) is 0.874. The average Bonchev–Trinajstić information content (AvgIpc) is 2.78. The van der Waals surface area contributed by atoms with E-state index in [1.54, 1.807) is 0 Å². The van der Waals surface area contributed by atoms with Gasteiger partial charge < -0.3 is 4.90 Å². The van der Waals surface area contributed by atoms with E-state index in [1.807, 2.05) is 6.20 Å². The van der Waals surface area contributed by atoms with Crippen LogP contribution in [0.1, 0.15) is 24.5 Å². The minimum Gasteiger partial charge on any atom is -0.302 e. The van der Waals surface area contributed by atoms with Crippen molar-refractivity contribution < 1.29 is 0 Å². The van der Waals surface area contributed by atoms with E-state index in [2.05, 4.69) is 60.3 Å². The third-order valence-electron chi connectivity index (χ3n) is 3.09. The molecule has 0 saturated heterocycles. The summed E-state index contributed by atoms with van der Waals surface area (Å²) in [6.45, 7) is 6.35. The summed E-state index contributed by atoms with van der Waals surface area (Å²) in [5, 5.41) is 7.36. The minimum atomic E-state index is 0.938. The van der Waals surface area contributed by atoms with E-state index >= 15 is 0 Å². The van der Waals surface area contributed by atoms with Crippen LogP contribution in [-0.2, 0) is 6.54 Å². The van der Waals surface area contributed by atoms with Crippen molar-refractivity contribution in [1.82, 2.24) is 15.1 Å². The van der Waals surface area contributed by atoms with Crippen molar-refractivity contribution in [2.75, 3.05) is 13.6 Å². The zero-order chi connectivity index (χ0) is 13.0. The third kappa shape index (κ3) is 2.99. The summed E-state index contributed by atoms with van der Waals surface area (Å²) in [5.74, 6) is 0. The van der Waals surface area contributed by atoms with Gasteiger partial charge in [-0.05, 0) is 26.9 Å². The van der Waals surface area contributed by atoms with Crippen LogP contribution < -0.4 is 0 Å². The summed E-state index contributed by atoms with van der Waals surface area (Å²) >= 11 is 0. The Morgan fingerprint density at radius 2 is 1.94 bits per heavy atom. The number of aromatic nitrogens is 2. The van der Waals surface area contributed by atoms with E-state index in [0.29, 0.717) is 0 Å². The molecule has 0 bridgehead atoms. The molecular weight excluding hydrogens is 222 g/mol. The van der Waals surface area contributed by atoms with Crippen molar-refractivity contribution in [3.63, 3.8) is 0 Å². The van der Waals surface area contributed by atoms with Gasteiger partial charge in [0, 0.05) is 23.9 Å². The molecule has 2 rings (SSSR count). The van der Waals surface area contributed by atoms with Crippen LogP contribution in [0.5, 0.6) is 0 Å². The Bertz CT molecular complexity index is 485. The first kappa shape index (κ1) is 12.8. The molecule has 1 aromatic carbocycles. The largest absolute Gasteiger partial charge is 0.302 e. The van der Waals surface area contributed by atoms with Gasteiger partial charge in [-0.2, -0.15) is 5.10 Å². The summed E-state index contributed by atoms with van der Waals surface area (Å²) in [6.07, 6.45) is 3.18. The van der Waals surface area contributed by atoms with E-state index in [-0.39, 0.29) is 0 Å². The summed E-state index contributed by atoms with van der Waals surface area (Å²) in [7, 11) is 2.15. The standard InChI is InChI=1S/C15H21N3/c1-4-9-18(3)11-14-10-16-17-15(14)13-7-5-12(2)6-8-13/h5-8,10H,4,9,11H2,1-3H3,(H,16,17). The number of H-pyrrole nitrogens is 1. The Balaban J connectivity index is 2.19. The summed E-state index contributed by atoms with van der Waals surface area (Å²) in [4.78, 5) is 2.32. The van der Waals surface area contributed by atoms with Crippen molar-refractivity contribution in [2.24, 2.45) is 0 Å². The maximum atomic E-state index is 4.38. The predicted octanol–water partition coefficient (Wildman–Crippen LogP) is 3.23. The molecule has 2 aromatic rings. The van der Waals surface area contributed by atoms with Crippen molar-refractivity contribution in [1.29, 1.82) is 0 Å². The number of rotatable bonds is 5. The average molecular weight is 243 g/mol. The topological polar surface area (TPSA) is 31.9 Å². The molecule has 0 unspecified atom stereocenters. The molecule has 0 aliphatic carbocycles. The van der Waals surface area contributed by atoms with E-state index in [1.165, 1.54) is 23.1 Å². The van der Waals surface area contributed by atoms with Crippen LogP contribution in [-0.4, -0.2) is 28.7 Å². The number of nitrogens with one attached hydrogen (secondary N) is 1. The van der Waals surface area contributed by atoms with E-state index < -0.39 is 0 Å². The SMILES string of the molecule is CCCN(C)Cc1c[nH]nc1-c1ccc(C)cc1. The fourth-order valence-corrected chi connectivity index (χ4v) is 2.15. The number of nitrogens with zero attached hydrogens (tertiary/aromatic N) is 2. The highest BCUT2D eigenvalue weighted by atomic mass is 15.1. The normalized spacial score (nSPS) is 11.1. The van der Waals surface area contributed by atoms with Crippen LogP contribution in [0, 0.1) is 6.92 Å². The van der Waals surface area contributed by atoms with Crippen molar-refractivity contribution in [2.45, 2.75) is 26.8 Å². The van der Waals surface area contributed by atoms with Crippen molar-refractivity contribution in [3.8, 4) is 11.3 Å². The van der Waals surface area contributed by atoms with E-state index in [4.69, 9.17) is 0 Å². The molecule has 0 fully saturated rings. The van der Waals surface area contributed by atoms with Gasteiger partial charge in [0.15, 0.2) is 0 Å². The first-order chi connectivity index (χ1) is 8.70. The lowest BCUT2D eigenvalue weighted by atomic mass is 10.1. The highest BCUT2D eigenvalue weighted by molar-refractivity contribution is 5.62. The Kier molecular flexibility index (Phi) is 4.15. The molecule has 0 saturated carbocycles. The number of aryl methyl sites for hydroxylation is 1. The first-order valence-electron chi connectivity index (χ1n) is 6.49. The lowest BCUT2D eigenvalue weighted by Crippen LogP contribution is -2.18. The molecule has 96 valence electrons. The molecular formula is C15H21N3. The van der Waals surface area contributed by atoms with Crippen LogP contribution in [0.2, 0.25) is 0 Å². The van der Waals surface area contributed by atoms with Gasteiger partial charge in [-0.25, -0.2) is 0 Å². The van der Waals surface area contributed by atoms with Crippen molar-refractivity contribution in [3.05, 3.63) is 41.6 Å². The minimum absolute atomic E-state index is 0.938. The smallest absolute Gasteiger partial charge is 0.0965 e. The van der Waals surface area contributed by atoms with Gasteiger partial charge in [-0.3, -0.25) is 5.10 Å². The molecule has 3 nitrogen and oxygen atoms in total. The Labute approximate surface area is 109 Å². The highest BCUT2D eigenvalue weighted by Gasteiger charge is 2.09. The first-order valence-corrected chi connectivity index (χ1v) is 6.49. The maximum Gasteiger partial charge on any atom is 0.0965 e. The lowest BCUT2D eigenvalue weighted by Gasteiger charge is -2.15. The fourth-order valence-electron chi connectivity index (χ4n) is 2.15. The second-order valence-electron chi connectivity index (χ2n) is 4.86. The zero-order valence-corrected chi connectivity index (χ0v) is 11.4. The molecule has 1 aromatic heterocycles. The molecule has 0 aliphatic heterocycles. The molecule has 1 heterocycles. The number of hydrogen-bond acceptors (Lipinski definition) is 2. The number of aromatic amines is 1. The van der Waals surface area contributed by atoms with Gasteiger partial charge in [-0.15, -0.1) is 0 Å². The van der Waals surface area contributed by atoms with Crippen molar-refractivity contribution >= 4 is 0 Å². The van der Waals surface area contributed by atoms with E-state index in [9.17, 15) is 0 Å². The van der Waals surface area contributed by atoms with Crippen LogP contribution >= 0.6 is 0 Å². The Hall–Kier alpha value is -1.61. The number of hydrogen-bond donors (Lipinski definition) is 1. The maximum absolute atomic E-state index is 4.38. The van der Waals surface area contributed by atoms with Crippen LogP contribution in [0.4, 0.5) is 0 Å². The van der Waals surface area contributed by atoms with E-state index in [0.717, 1.165) is 18.8 Å². The van der Waals surface area contributed by atoms with Gasteiger partial charge in [0.05, 0.1) is 5.69 Å². The molecule has 1 N–H and O–H groups in total. The summed E-state index contributed by atoms with van der Waals surface area (Å²) < 4.78 is 0. The number of benzene rings is 1. The Morgan fingerprint density at radius 3 is 2.61 bits per heavy atom. The molecule has 18 heavy (non-hydrogen) atoms. The Morgan fingerprint density at radius 1 is 1.22 bits per heavy atom. The molecule has 3 heteroatoms. The predicted molar refractivity (Wildman–Crippen MR) is 75.4 cm³/mol. The van der Waals surface area contributed by atoms with Gasteiger partial charge in [0.1, 0.15) is 0 Å². The summed E-state index contributed by atoms with van der Waals surface area (Å²) in [5.41, 5.74) is 4.79. The summed E-state index contributed by atoms with van der Waals surface area (Å²) in [6, 6.07) is 8.52. The molecule has 0 amide bonds. The highest BCUT2D eigenvalue weighted by Crippen LogP contribution is 2.22. The molecule has 0 spiro atoms. The molecule has 0 radical (unpaired) electrons. The zero-order valence-electron chi connectivity index (χ0n) is 11.4. The second-order valence-corrected chi connectivity index (χ2v) is 4.86. The van der Waals surface area contributed by atoms with Gasteiger partial charge in [0.25, 0.3) is 0 Å². The third-order valence-corrected chi connectivity index (χ3v) is 3.09. The van der Waals surface area contributed by atoms with Crippen LogP contribution in [0.3, 0.4) is 0 Å². The second kappa shape index (κ2) is 5.83. The van der Waals surface area contributed by atoms with Gasteiger partial charge >= 0.3 is 0 Å². The van der Waals surface area contributed by atoms with Crippen LogP contribution in [0.15, 0.2) is 30.5 Å². The monoisotopic (exact) mass is 243 g/mol. The molecule has 0 aliphatic rings. The van der Waals surface area contributed by atoms with Gasteiger partial charge in [-0.1, -0.05) is 36.8 Å². The molecule has 0 atom stereocenters. The van der Waals surface area contributed by atoms with Gasteiger partial charge in [0.2, 0.25) is 0 Å².